The zero-order valence-electron chi connectivity index (χ0n) is 10.5. The fourth-order valence-corrected chi connectivity index (χ4v) is 2.17. The number of hydrogen-bond donors (Lipinski definition) is 1. The van der Waals surface area contributed by atoms with Crippen molar-refractivity contribution in [1.29, 1.82) is 0 Å². The van der Waals surface area contributed by atoms with Crippen LogP contribution in [0.25, 0.3) is 0 Å². The van der Waals surface area contributed by atoms with Gasteiger partial charge in [0.15, 0.2) is 0 Å². The van der Waals surface area contributed by atoms with Crippen molar-refractivity contribution in [3.8, 4) is 0 Å². The molecular formula is C15H14BrF2N. The molecule has 100 valence electrons. The van der Waals surface area contributed by atoms with Crippen molar-refractivity contribution in [2.24, 2.45) is 0 Å². The monoisotopic (exact) mass is 325 g/mol. The van der Waals surface area contributed by atoms with E-state index in [0.717, 1.165) is 10.0 Å². The molecule has 2 aromatic rings. The van der Waals surface area contributed by atoms with E-state index < -0.39 is 11.6 Å². The number of benzene rings is 2. The van der Waals surface area contributed by atoms with Gasteiger partial charge in [-0.2, -0.15) is 0 Å². The van der Waals surface area contributed by atoms with Gasteiger partial charge in [-0.1, -0.05) is 34.1 Å². The molecule has 1 unspecified atom stereocenters. The summed E-state index contributed by atoms with van der Waals surface area (Å²) in [6.07, 6.45) is 0.695. The van der Waals surface area contributed by atoms with E-state index in [0.29, 0.717) is 6.42 Å². The van der Waals surface area contributed by atoms with E-state index >= 15 is 0 Å². The highest BCUT2D eigenvalue weighted by Gasteiger charge is 2.11. The quantitative estimate of drug-likeness (QED) is 0.853. The van der Waals surface area contributed by atoms with E-state index in [1.54, 1.807) is 0 Å². The van der Waals surface area contributed by atoms with Crippen molar-refractivity contribution in [2.75, 3.05) is 5.32 Å². The van der Waals surface area contributed by atoms with Crippen LogP contribution in [0.3, 0.4) is 0 Å². The molecule has 2 aromatic carbocycles. The van der Waals surface area contributed by atoms with Crippen molar-refractivity contribution in [3.05, 3.63) is 64.1 Å². The number of rotatable bonds is 4. The largest absolute Gasteiger partial charge is 0.378 e. The first-order valence-corrected chi connectivity index (χ1v) is 6.80. The second-order valence-corrected chi connectivity index (χ2v) is 5.39. The van der Waals surface area contributed by atoms with E-state index in [4.69, 9.17) is 0 Å². The molecule has 0 saturated carbocycles. The van der Waals surface area contributed by atoms with E-state index in [-0.39, 0.29) is 11.7 Å². The molecule has 0 aromatic heterocycles. The van der Waals surface area contributed by atoms with Gasteiger partial charge < -0.3 is 5.32 Å². The normalized spacial score (nSPS) is 12.2. The molecule has 1 nitrogen and oxygen atoms in total. The molecule has 0 aliphatic rings. The van der Waals surface area contributed by atoms with E-state index in [9.17, 15) is 8.78 Å². The lowest BCUT2D eigenvalue weighted by molar-refractivity contribution is 0.583. The highest BCUT2D eigenvalue weighted by molar-refractivity contribution is 9.10. The van der Waals surface area contributed by atoms with Crippen molar-refractivity contribution < 1.29 is 8.78 Å². The zero-order valence-corrected chi connectivity index (χ0v) is 12.0. The van der Waals surface area contributed by atoms with Crippen LogP contribution in [0.5, 0.6) is 0 Å². The maximum absolute atomic E-state index is 13.5. The summed E-state index contributed by atoms with van der Waals surface area (Å²) in [7, 11) is 0. The smallest absolute Gasteiger partial charge is 0.149 e. The van der Waals surface area contributed by atoms with Crippen LogP contribution in [0, 0.1) is 11.6 Å². The van der Waals surface area contributed by atoms with Gasteiger partial charge in [-0.25, -0.2) is 8.78 Å². The predicted molar refractivity (Wildman–Crippen MR) is 77.3 cm³/mol. The minimum absolute atomic E-state index is 0.0624. The van der Waals surface area contributed by atoms with Gasteiger partial charge in [-0.15, -0.1) is 0 Å². The third-order valence-electron chi connectivity index (χ3n) is 2.81. The summed E-state index contributed by atoms with van der Waals surface area (Å²) in [5.41, 5.74) is 1.05. The molecule has 0 radical (unpaired) electrons. The van der Waals surface area contributed by atoms with E-state index in [1.165, 1.54) is 18.2 Å². The molecule has 0 saturated heterocycles. The van der Waals surface area contributed by atoms with Crippen molar-refractivity contribution in [1.82, 2.24) is 0 Å². The predicted octanol–water partition coefficient (Wildman–Crippen LogP) is 4.77. The molecular weight excluding hydrogens is 312 g/mol. The average molecular weight is 326 g/mol. The Morgan fingerprint density at radius 1 is 1.05 bits per heavy atom. The maximum atomic E-state index is 13.5. The molecule has 0 amide bonds. The first-order chi connectivity index (χ1) is 9.06. The van der Waals surface area contributed by atoms with Crippen LogP contribution in [0.2, 0.25) is 0 Å². The first-order valence-electron chi connectivity index (χ1n) is 6.01. The second kappa shape index (κ2) is 6.15. The Morgan fingerprint density at radius 2 is 1.63 bits per heavy atom. The maximum Gasteiger partial charge on any atom is 0.149 e. The van der Waals surface area contributed by atoms with Crippen LogP contribution in [0.15, 0.2) is 46.9 Å². The van der Waals surface area contributed by atoms with Crippen LogP contribution in [-0.4, -0.2) is 6.04 Å². The molecule has 1 N–H and O–H groups in total. The van der Waals surface area contributed by atoms with Crippen LogP contribution in [0.4, 0.5) is 14.5 Å². The van der Waals surface area contributed by atoms with Gasteiger partial charge in [-0.05, 0) is 43.2 Å². The highest BCUT2D eigenvalue weighted by Crippen LogP contribution is 2.20. The molecule has 0 heterocycles. The van der Waals surface area contributed by atoms with Gasteiger partial charge in [0.1, 0.15) is 17.3 Å². The summed E-state index contributed by atoms with van der Waals surface area (Å²) in [6, 6.07) is 11.7. The lowest BCUT2D eigenvalue weighted by atomic mass is 10.1. The standard InChI is InChI=1S/C15H14BrF2N/c1-10(9-11-5-7-12(16)8-6-11)19-15-13(17)3-2-4-14(15)18/h2-8,10,19H,9H2,1H3. The summed E-state index contributed by atoms with van der Waals surface area (Å²) in [4.78, 5) is 0. The number of halogens is 3. The first kappa shape index (κ1) is 14.0. The van der Waals surface area contributed by atoms with E-state index in [1.807, 2.05) is 31.2 Å². The van der Waals surface area contributed by atoms with Gasteiger partial charge >= 0.3 is 0 Å². The molecule has 1 atom stereocenters. The zero-order chi connectivity index (χ0) is 13.8. The topological polar surface area (TPSA) is 12.0 Å². The third kappa shape index (κ3) is 3.77. The van der Waals surface area contributed by atoms with Crippen LogP contribution in [-0.2, 0) is 6.42 Å². The third-order valence-corrected chi connectivity index (χ3v) is 3.34. The molecule has 0 aliphatic carbocycles. The Balaban J connectivity index is 2.05. The van der Waals surface area contributed by atoms with Gasteiger partial charge in [0, 0.05) is 10.5 Å². The molecule has 0 fully saturated rings. The van der Waals surface area contributed by atoms with Gasteiger partial charge in [0.25, 0.3) is 0 Å². The van der Waals surface area contributed by atoms with Crippen LogP contribution < -0.4 is 5.32 Å². The van der Waals surface area contributed by atoms with Crippen molar-refractivity contribution in [3.63, 3.8) is 0 Å². The highest BCUT2D eigenvalue weighted by atomic mass is 79.9. The molecule has 19 heavy (non-hydrogen) atoms. The summed E-state index contributed by atoms with van der Waals surface area (Å²) in [5.74, 6) is -1.13. The lowest BCUT2D eigenvalue weighted by Gasteiger charge is -2.16. The van der Waals surface area contributed by atoms with Crippen molar-refractivity contribution in [2.45, 2.75) is 19.4 Å². The Kier molecular flexibility index (Phi) is 4.53. The fourth-order valence-electron chi connectivity index (χ4n) is 1.91. The average Bonchev–Trinajstić information content (AvgIpc) is 2.37. The summed E-state index contributed by atoms with van der Waals surface area (Å²) in [5, 5.41) is 2.88. The van der Waals surface area contributed by atoms with Crippen molar-refractivity contribution >= 4 is 21.6 Å². The minimum Gasteiger partial charge on any atom is -0.378 e. The summed E-state index contributed by atoms with van der Waals surface area (Å²) >= 11 is 3.37. The van der Waals surface area contributed by atoms with Gasteiger partial charge in [0.05, 0.1) is 0 Å². The summed E-state index contributed by atoms with van der Waals surface area (Å²) in [6.45, 7) is 1.90. The lowest BCUT2D eigenvalue weighted by Crippen LogP contribution is -2.19. The van der Waals surface area contributed by atoms with Gasteiger partial charge in [-0.3, -0.25) is 0 Å². The summed E-state index contributed by atoms with van der Waals surface area (Å²) < 4.78 is 28.0. The number of hydrogen-bond acceptors (Lipinski definition) is 1. The van der Waals surface area contributed by atoms with E-state index in [2.05, 4.69) is 21.2 Å². The minimum atomic E-state index is -0.567. The molecule has 0 aliphatic heterocycles. The number of anilines is 1. The number of para-hydroxylation sites is 1. The van der Waals surface area contributed by atoms with Crippen LogP contribution in [0.1, 0.15) is 12.5 Å². The van der Waals surface area contributed by atoms with Gasteiger partial charge in [0.2, 0.25) is 0 Å². The Bertz CT molecular complexity index is 534. The molecule has 4 heteroatoms. The number of nitrogens with one attached hydrogen (secondary N) is 1. The molecule has 0 bridgehead atoms. The second-order valence-electron chi connectivity index (χ2n) is 4.47. The molecule has 2 rings (SSSR count). The fraction of sp³-hybridized carbons (Fsp3) is 0.200. The SMILES string of the molecule is CC(Cc1ccc(Br)cc1)Nc1c(F)cccc1F. The van der Waals surface area contributed by atoms with Crippen LogP contribution >= 0.6 is 15.9 Å². The molecule has 0 spiro atoms. The Hall–Kier alpha value is -1.42. The Morgan fingerprint density at radius 3 is 2.21 bits per heavy atom. The Labute approximate surface area is 119 Å².